The maximum Gasteiger partial charge on any atom is 0.253 e. The van der Waals surface area contributed by atoms with E-state index in [0.29, 0.717) is 5.02 Å². The van der Waals surface area contributed by atoms with E-state index in [-0.39, 0.29) is 5.91 Å². The summed E-state index contributed by atoms with van der Waals surface area (Å²) in [4.78, 5) is 16.7. The van der Waals surface area contributed by atoms with Crippen LogP contribution in [0.4, 0.5) is 0 Å². The molecule has 2 aromatic carbocycles. The first kappa shape index (κ1) is 17.3. The van der Waals surface area contributed by atoms with E-state index in [0.717, 1.165) is 55.3 Å². The molecular formula is C19H20Cl2N2O. The van der Waals surface area contributed by atoms with Crippen molar-refractivity contribution in [3.8, 4) is 0 Å². The summed E-state index contributed by atoms with van der Waals surface area (Å²) in [5, 5.41) is 1.39. The maximum atomic E-state index is 12.4. The highest BCUT2D eigenvalue weighted by Gasteiger charge is 2.21. The summed E-state index contributed by atoms with van der Waals surface area (Å²) in [5.74, 6) is 0.121. The summed E-state index contributed by atoms with van der Waals surface area (Å²) < 4.78 is 0. The second-order valence-corrected chi connectivity index (χ2v) is 6.83. The van der Waals surface area contributed by atoms with Gasteiger partial charge in [0.1, 0.15) is 0 Å². The molecule has 0 atom stereocenters. The summed E-state index contributed by atoms with van der Waals surface area (Å²) >= 11 is 12.2. The number of nitrogens with zero attached hydrogens (tertiary/aromatic N) is 2. The summed E-state index contributed by atoms with van der Waals surface area (Å²) in [6.45, 7) is 4.26. The minimum Gasteiger partial charge on any atom is -0.336 e. The van der Waals surface area contributed by atoms with Crippen molar-refractivity contribution in [2.24, 2.45) is 0 Å². The Morgan fingerprint density at radius 3 is 2.33 bits per heavy atom. The van der Waals surface area contributed by atoms with Crippen LogP contribution in [0.3, 0.4) is 0 Å². The maximum absolute atomic E-state index is 12.4. The van der Waals surface area contributed by atoms with E-state index in [4.69, 9.17) is 23.2 Å². The monoisotopic (exact) mass is 362 g/mol. The van der Waals surface area contributed by atoms with Gasteiger partial charge < -0.3 is 4.90 Å². The number of hydrogen-bond acceptors (Lipinski definition) is 2. The van der Waals surface area contributed by atoms with E-state index in [2.05, 4.69) is 4.90 Å². The molecule has 24 heavy (non-hydrogen) atoms. The van der Waals surface area contributed by atoms with Crippen molar-refractivity contribution >= 4 is 29.1 Å². The minimum atomic E-state index is 0.121. The molecule has 0 aromatic heterocycles. The molecule has 0 bridgehead atoms. The number of carbonyl (C=O) groups is 1. The average molecular weight is 363 g/mol. The number of rotatable bonds is 4. The molecular weight excluding hydrogens is 343 g/mol. The van der Waals surface area contributed by atoms with Crippen molar-refractivity contribution in [3.05, 3.63) is 69.7 Å². The Morgan fingerprint density at radius 2 is 1.67 bits per heavy atom. The van der Waals surface area contributed by atoms with Gasteiger partial charge in [0, 0.05) is 48.3 Å². The molecule has 1 aliphatic rings. The molecule has 1 aliphatic heterocycles. The molecule has 2 aromatic rings. The van der Waals surface area contributed by atoms with Gasteiger partial charge in [-0.3, -0.25) is 9.69 Å². The molecule has 1 heterocycles. The third-order valence-corrected chi connectivity index (χ3v) is 4.98. The van der Waals surface area contributed by atoms with Crippen LogP contribution in [-0.4, -0.2) is 48.4 Å². The molecule has 0 N–H and O–H groups in total. The lowest BCUT2D eigenvalue weighted by molar-refractivity contribution is 0.0638. The summed E-state index contributed by atoms with van der Waals surface area (Å²) in [7, 11) is 0. The zero-order chi connectivity index (χ0) is 16.9. The van der Waals surface area contributed by atoms with Crippen molar-refractivity contribution in [2.75, 3.05) is 32.7 Å². The van der Waals surface area contributed by atoms with E-state index in [1.165, 1.54) is 0 Å². The van der Waals surface area contributed by atoms with Crippen molar-refractivity contribution < 1.29 is 4.79 Å². The smallest absolute Gasteiger partial charge is 0.253 e. The first-order chi connectivity index (χ1) is 11.6. The molecule has 1 amide bonds. The fourth-order valence-corrected chi connectivity index (χ4v) is 3.44. The van der Waals surface area contributed by atoms with Gasteiger partial charge in [0.25, 0.3) is 5.91 Å². The topological polar surface area (TPSA) is 23.6 Å². The van der Waals surface area contributed by atoms with Gasteiger partial charge in [-0.05, 0) is 36.2 Å². The lowest BCUT2D eigenvalue weighted by Gasteiger charge is -2.34. The largest absolute Gasteiger partial charge is 0.336 e. The zero-order valence-electron chi connectivity index (χ0n) is 13.4. The van der Waals surface area contributed by atoms with Gasteiger partial charge in [0.05, 0.1) is 0 Å². The highest BCUT2D eigenvalue weighted by atomic mass is 35.5. The molecule has 0 radical (unpaired) electrons. The summed E-state index contributed by atoms with van der Waals surface area (Å²) in [6.07, 6.45) is 0.892. The number of piperazine rings is 1. The lowest BCUT2D eigenvalue weighted by atomic mass is 10.1. The van der Waals surface area contributed by atoms with Gasteiger partial charge in [0.2, 0.25) is 0 Å². The molecule has 0 aliphatic carbocycles. The van der Waals surface area contributed by atoms with Crippen LogP contribution in [0.25, 0.3) is 0 Å². The van der Waals surface area contributed by atoms with Crippen molar-refractivity contribution in [1.29, 1.82) is 0 Å². The van der Waals surface area contributed by atoms with Crippen LogP contribution in [0.5, 0.6) is 0 Å². The minimum absolute atomic E-state index is 0.121. The molecule has 3 rings (SSSR count). The molecule has 0 saturated carbocycles. The Balaban J connectivity index is 1.49. The second kappa shape index (κ2) is 8.02. The number of carbonyl (C=O) groups excluding carboxylic acids is 1. The Bertz CT molecular complexity index is 698. The highest BCUT2D eigenvalue weighted by molar-refractivity contribution is 6.35. The van der Waals surface area contributed by atoms with Crippen LogP contribution >= 0.6 is 23.2 Å². The predicted molar refractivity (Wildman–Crippen MR) is 99.0 cm³/mol. The molecule has 5 heteroatoms. The highest BCUT2D eigenvalue weighted by Crippen LogP contribution is 2.21. The van der Waals surface area contributed by atoms with Gasteiger partial charge in [-0.25, -0.2) is 0 Å². The van der Waals surface area contributed by atoms with Crippen LogP contribution in [0.2, 0.25) is 10.0 Å². The molecule has 3 nitrogen and oxygen atoms in total. The van der Waals surface area contributed by atoms with Crippen LogP contribution in [-0.2, 0) is 6.42 Å². The molecule has 126 valence electrons. The summed E-state index contributed by atoms with van der Waals surface area (Å²) in [6, 6.07) is 15.1. The van der Waals surface area contributed by atoms with Gasteiger partial charge in [-0.1, -0.05) is 47.5 Å². The van der Waals surface area contributed by atoms with Crippen molar-refractivity contribution in [3.63, 3.8) is 0 Å². The SMILES string of the molecule is O=C(c1ccccc1)N1CCN(CCc2ccc(Cl)cc2Cl)CC1. The first-order valence-corrected chi connectivity index (χ1v) is 8.90. The molecule has 0 spiro atoms. The third kappa shape index (κ3) is 4.29. The van der Waals surface area contributed by atoms with Gasteiger partial charge in [0.15, 0.2) is 0 Å². The standard InChI is InChI=1S/C19H20Cl2N2O/c20-17-7-6-15(18(21)14-17)8-9-22-10-12-23(13-11-22)19(24)16-4-2-1-3-5-16/h1-7,14H,8-13H2. The Morgan fingerprint density at radius 1 is 0.958 bits per heavy atom. The first-order valence-electron chi connectivity index (χ1n) is 8.14. The quantitative estimate of drug-likeness (QED) is 0.820. The Hall–Kier alpha value is -1.55. The molecule has 1 fully saturated rings. The number of amides is 1. The van der Waals surface area contributed by atoms with Crippen molar-refractivity contribution in [2.45, 2.75) is 6.42 Å². The van der Waals surface area contributed by atoms with Crippen LogP contribution in [0.15, 0.2) is 48.5 Å². The zero-order valence-corrected chi connectivity index (χ0v) is 14.9. The van der Waals surface area contributed by atoms with E-state index >= 15 is 0 Å². The van der Waals surface area contributed by atoms with E-state index in [1.807, 2.05) is 47.4 Å². The predicted octanol–water partition coefficient (Wildman–Crippen LogP) is 3.99. The summed E-state index contributed by atoms with van der Waals surface area (Å²) in [5.41, 5.74) is 1.88. The third-order valence-electron chi connectivity index (χ3n) is 4.39. The average Bonchev–Trinajstić information content (AvgIpc) is 2.62. The molecule has 0 unspecified atom stereocenters. The van der Waals surface area contributed by atoms with Crippen molar-refractivity contribution in [1.82, 2.24) is 9.80 Å². The number of hydrogen-bond donors (Lipinski definition) is 0. The fraction of sp³-hybridized carbons (Fsp3) is 0.316. The Kier molecular flexibility index (Phi) is 5.77. The van der Waals surface area contributed by atoms with E-state index in [1.54, 1.807) is 6.07 Å². The van der Waals surface area contributed by atoms with Gasteiger partial charge in [-0.2, -0.15) is 0 Å². The normalized spacial score (nSPS) is 15.5. The van der Waals surface area contributed by atoms with E-state index < -0.39 is 0 Å². The Labute approximate surface area is 152 Å². The lowest BCUT2D eigenvalue weighted by Crippen LogP contribution is -2.49. The fourth-order valence-electron chi connectivity index (χ4n) is 2.94. The van der Waals surface area contributed by atoms with Gasteiger partial charge in [-0.15, -0.1) is 0 Å². The van der Waals surface area contributed by atoms with Gasteiger partial charge >= 0.3 is 0 Å². The van der Waals surface area contributed by atoms with E-state index in [9.17, 15) is 4.79 Å². The van der Waals surface area contributed by atoms with Crippen LogP contribution < -0.4 is 0 Å². The van der Waals surface area contributed by atoms with Crippen LogP contribution in [0, 0.1) is 0 Å². The second-order valence-electron chi connectivity index (χ2n) is 5.99. The van der Waals surface area contributed by atoms with Crippen LogP contribution in [0.1, 0.15) is 15.9 Å². The number of halogens is 2. The molecule has 1 saturated heterocycles. The number of benzene rings is 2.